The zero-order valence-electron chi connectivity index (χ0n) is 16.8. The van der Waals surface area contributed by atoms with E-state index in [2.05, 4.69) is 12.2 Å². The van der Waals surface area contributed by atoms with Crippen LogP contribution in [0.4, 0.5) is 5.69 Å². The fourth-order valence-corrected chi connectivity index (χ4v) is 2.98. The summed E-state index contributed by atoms with van der Waals surface area (Å²) in [6.07, 6.45) is 2.54. The van der Waals surface area contributed by atoms with Gasteiger partial charge in [0.2, 0.25) is 0 Å². The predicted octanol–water partition coefficient (Wildman–Crippen LogP) is 3.73. The molecule has 1 heterocycles. The monoisotopic (exact) mass is 392 g/mol. The van der Waals surface area contributed by atoms with Gasteiger partial charge in [0, 0.05) is 24.0 Å². The minimum Gasteiger partial charge on any atom is -0.493 e. The molecule has 29 heavy (non-hydrogen) atoms. The number of hydrogen-bond acceptors (Lipinski definition) is 4. The van der Waals surface area contributed by atoms with Crippen LogP contribution in [-0.4, -0.2) is 24.7 Å². The van der Waals surface area contributed by atoms with Gasteiger partial charge in [0.05, 0.1) is 26.3 Å². The molecule has 0 spiro atoms. The number of rotatable bonds is 7. The number of carbonyl (C=O) groups excluding carboxylic acids is 1. The highest BCUT2D eigenvalue weighted by Gasteiger charge is 2.11. The van der Waals surface area contributed by atoms with Crippen LogP contribution in [-0.2, 0) is 13.0 Å². The molecular weight excluding hydrogens is 368 g/mol. The average molecular weight is 392 g/mol. The first-order valence-corrected chi connectivity index (χ1v) is 9.35. The number of anilines is 1. The van der Waals surface area contributed by atoms with E-state index < -0.39 is 0 Å². The maximum atomic E-state index is 12.7. The third kappa shape index (κ3) is 4.85. The third-order valence-electron chi connectivity index (χ3n) is 4.67. The Morgan fingerprint density at radius 2 is 1.62 bits per heavy atom. The summed E-state index contributed by atoms with van der Waals surface area (Å²) in [5.41, 5.74) is 3.04. The van der Waals surface area contributed by atoms with Crippen LogP contribution < -0.4 is 20.3 Å². The van der Waals surface area contributed by atoms with Crippen molar-refractivity contribution in [3.05, 3.63) is 87.8 Å². The van der Waals surface area contributed by atoms with Crippen molar-refractivity contribution in [3.63, 3.8) is 0 Å². The van der Waals surface area contributed by atoms with Gasteiger partial charge in [0.1, 0.15) is 0 Å². The molecule has 0 aliphatic rings. The van der Waals surface area contributed by atoms with Gasteiger partial charge in [0.15, 0.2) is 11.5 Å². The number of nitrogens with zero attached hydrogens (tertiary/aromatic N) is 1. The lowest BCUT2D eigenvalue weighted by Gasteiger charge is -2.12. The van der Waals surface area contributed by atoms with Gasteiger partial charge < -0.3 is 19.4 Å². The standard InChI is InChI=1S/C23H24N2O4/c1-4-16-5-7-17(8-6-16)14-25-15-18(9-12-22(25)26)23(27)24-19-10-11-20(28-2)21(13-19)29-3/h5-13,15H,4,14H2,1-3H3,(H,24,27). The number of nitrogens with one attached hydrogen (secondary N) is 1. The van der Waals surface area contributed by atoms with Gasteiger partial charge in [0.25, 0.3) is 11.5 Å². The highest BCUT2D eigenvalue weighted by Crippen LogP contribution is 2.29. The molecule has 3 aromatic rings. The fraction of sp³-hybridized carbons (Fsp3) is 0.217. The zero-order valence-corrected chi connectivity index (χ0v) is 16.8. The smallest absolute Gasteiger partial charge is 0.257 e. The summed E-state index contributed by atoms with van der Waals surface area (Å²) in [6.45, 7) is 2.50. The molecule has 2 aromatic carbocycles. The Morgan fingerprint density at radius 1 is 0.931 bits per heavy atom. The van der Waals surface area contributed by atoms with Gasteiger partial charge >= 0.3 is 0 Å². The van der Waals surface area contributed by atoms with E-state index in [1.165, 1.54) is 29.4 Å². The van der Waals surface area contributed by atoms with Gasteiger partial charge in [-0.15, -0.1) is 0 Å². The lowest BCUT2D eigenvalue weighted by molar-refractivity contribution is 0.102. The van der Waals surface area contributed by atoms with Crippen LogP contribution in [0, 0.1) is 0 Å². The maximum Gasteiger partial charge on any atom is 0.257 e. The molecule has 150 valence electrons. The van der Waals surface area contributed by atoms with Crippen LogP contribution in [0.3, 0.4) is 0 Å². The number of hydrogen-bond donors (Lipinski definition) is 1. The Bertz CT molecular complexity index is 1060. The Labute approximate surface area is 169 Å². The SMILES string of the molecule is CCc1ccc(Cn2cc(C(=O)Nc3ccc(OC)c(OC)c3)ccc2=O)cc1. The van der Waals surface area contributed by atoms with Crippen molar-refractivity contribution < 1.29 is 14.3 Å². The number of aromatic nitrogens is 1. The number of aryl methyl sites for hydroxylation is 1. The molecule has 0 bridgehead atoms. The number of amides is 1. The summed E-state index contributed by atoms with van der Waals surface area (Å²) in [4.78, 5) is 24.9. The maximum absolute atomic E-state index is 12.7. The molecule has 6 nitrogen and oxygen atoms in total. The van der Waals surface area contributed by atoms with Gasteiger partial charge in [-0.25, -0.2) is 0 Å². The first kappa shape index (κ1) is 20.2. The molecule has 1 aromatic heterocycles. The van der Waals surface area contributed by atoms with Crippen molar-refractivity contribution in [3.8, 4) is 11.5 Å². The summed E-state index contributed by atoms with van der Waals surface area (Å²) in [5.74, 6) is 0.784. The Kier molecular flexibility index (Phi) is 6.34. The first-order valence-electron chi connectivity index (χ1n) is 9.35. The van der Waals surface area contributed by atoms with Gasteiger partial charge in [-0.05, 0) is 35.7 Å². The minimum atomic E-state index is -0.313. The summed E-state index contributed by atoms with van der Waals surface area (Å²) in [6, 6.07) is 16.2. The van der Waals surface area contributed by atoms with E-state index in [9.17, 15) is 9.59 Å². The predicted molar refractivity (Wildman–Crippen MR) is 113 cm³/mol. The van der Waals surface area contributed by atoms with E-state index in [-0.39, 0.29) is 11.5 Å². The van der Waals surface area contributed by atoms with Gasteiger partial charge in [-0.3, -0.25) is 9.59 Å². The van der Waals surface area contributed by atoms with Crippen molar-refractivity contribution >= 4 is 11.6 Å². The topological polar surface area (TPSA) is 69.6 Å². The van der Waals surface area contributed by atoms with E-state index >= 15 is 0 Å². The van der Waals surface area contributed by atoms with Crippen molar-refractivity contribution in [2.24, 2.45) is 0 Å². The number of methoxy groups -OCH3 is 2. The molecule has 0 radical (unpaired) electrons. The fourth-order valence-electron chi connectivity index (χ4n) is 2.98. The van der Waals surface area contributed by atoms with Gasteiger partial charge in [-0.2, -0.15) is 0 Å². The van der Waals surface area contributed by atoms with Crippen LogP contribution in [0.15, 0.2) is 65.6 Å². The van der Waals surface area contributed by atoms with E-state index in [0.29, 0.717) is 29.3 Å². The van der Waals surface area contributed by atoms with E-state index in [1.807, 2.05) is 24.3 Å². The molecular formula is C23H24N2O4. The average Bonchev–Trinajstić information content (AvgIpc) is 2.75. The van der Waals surface area contributed by atoms with E-state index in [1.54, 1.807) is 31.5 Å². The molecule has 0 fully saturated rings. The van der Waals surface area contributed by atoms with Crippen molar-refractivity contribution in [2.75, 3.05) is 19.5 Å². The van der Waals surface area contributed by atoms with Crippen molar-refractivity contribution in [1.82, 2.24) is 4.57 Å². The molecule has 1 N–H and O–H groups in total. The molecule has 0 saturated heterocycles. The second kappa shape index (κ2) is 9.10. The van der Waals surface area contributed by atoms with Crippen LogP contribution in [0.25, 0.3) is 0 Å². The Morgan fingerprint density at radius 3 is 2.28 bits per heavy atom. The summed E-state index contributed by atoms with van der Waals surface area (Å²) in [7, 11) is 3.08. The van der Waals surface area contributed by atoms with E-state index in [0.717, 1.165) is 12.0 Å². The summed E-state index contributed by atoms with van der Waals surface area (Å²) >= 11 is 0. The van der Waals surface area contributed by atoms with Crippen LogP contribution in [0.1, 0.15) is 28.4 Å². The van der Waals surface area contributed by atoms with Crippen molar-refractivity contribution in [1.29, 1.82) is 0 Å². The van der Waals surface area contributed by atoms with E-state index in [4.69, 9.17) is 9.47 Å². The zero-order chi connectivity index (χ0) is 20.8. The highest BCUT2D eigenvalue weighted by atomic mass is 16.5. The summed E-state index contributed by atoms with van der Waals surface area (Å²) < 4.78 is 12.0. The molecule has 0 aliphatic carbocycles. The Hall–Kier alpha value is -3.54. The van der Waals surface area contributed by atoms with Gasteiger partial charge in [-0.1, -0.05) is 31.2 Å². The highest BCUT2D eigenvalue weighted by molar-refractivity contribution is 6.04. The molecule has 1 amide bonds. The quantitative estimate of drug-likeness (QED) is 0.665. The molecule has 0 atom stereocenters. The molecule has 0 aliphatic heterocycles. The number of pyridine rings is 1. The molecule has 0 unspecified atom stereocenters. The lowest BCUT2D eigenvalue weighted by atomic mass is 10.1. The molecule has 6 heteroatoms. The first-order chi connectivity index (χ1) is 14.0. The van der Waals surface area contributed by atoms with Crippen LogP contribution >= 0.6 is 0 Å². The number of carbonyl (C=O) groups is 1. The third-order valence-corrected chi connectivity index (χ3v) is 4.67. The minimum absolute atomic E-state index is 0.160. The number of ether oxygens (including phenoxy) is 2. The summed E-state index contributed by atoms with van der Waals surface area (Å²) in [5, 5.41) is 2.82. The lowest BCUT2D eigenvalue weighted by Crippen LogP contribution is -2.22. The Balaban J connectivity index is 1.79. The molecule has 0 saturated carbocycles. The largest absolute Gasteiger partial charge is 0.493 e. The number of benzene rings is 2. The van der Waals surface area contributed by atoms with Crippen LogP contribution in [0.5, 0.6) is 11.5 Å². The van der Waals surface area contributed by atoms with Crippen LogP contribution in [0.2, 0.25) is 0 Å². The van der Waals surface area contributed by atoms with Crippen molar-refractivity contribution in [2.45, 2.75) is 19.9 Å². The normalized spacial score (nSPS) is 10.4. The second-order valence-electron chi connectivity index (χ2n) is 6.58. The second-order valence-corrected chi connectivity index (χ2v) is 6.58. The molecule has 3 rings (SSSR count).